The molecule has 1 aliphatic heterocycles. The summed E-state index contributed by atoms with van der Waals surface area (Å²) in [5.41, 5.74) is 2.98. The van der Waals surface area contributed by atoms with Gasteiger partial charge in [-0.15, -0.1) is 0 Å². The number of amides is 2. The average molecular weight is 365 g/mol. The Labute approximate surface area is 161 Å². The zero-order valence-corrected chi connectivity index (χ0v) is 16.1. The first-order valence-corrected chi connectivity index (χ1v) is 9.43. The largest absolute Gasteiger partial charge is 0.368 e. The summed E-state index contributed by atoms with van der Waals surface area (Å²) in [6, 6.07) is 17.9. The van der Waals surface area contributed by atoms with Gasteiger partial charge in [-0.25, -0.2) is 0 Å². The van der Waals surface area contributed by atoms with Crippen LogP contribution in [0.25, 0.3) is 0 Å². The molecule has 0 aromatic heterocycles. The second-order valence-electron chi connectivity index (χ2n) is 7.10. The van der Waals surface area contributed by atoms with Gasteiger partial charge >= 0.3 is 0 Å². The Kier molecular flexibility index (Phi) is 6.12. The molecule has 0 saturated carbocycles. The third-order valence-corrected chi connectivity index (χ3v) is 4.99. The van der Waals surface area contributed by atoms with Crippen molar-refractivity contribution in [2.45, 2.75) is 12.8 Å². The fraction of sp³-hybridized carbons (Fsp3) is 0.364. The molecular formula is C22H27N3O2. The quantitative estimate of drug-likeness (QED) is 0.818. The minimum absolute atomic E-state index is 0.00564. The topological polar surface area (TPSA) is 43.9 Å². The summed E-state index contributed by atoms with van der Waals surface area (Å²) in [5, 5.41) is 0. The van der Waals surface area contributed by atoms with Crippen LogP contribution in [-0.4, -0.2) is 61.9 Å². The van der Waals surface area contributed by atoms with E-state index >= 15 is 0 Å². The van der Waals surface area contributed by atoms with Gasteiger partial charge in [-0.3, -0.25) is 9.59 Å². The SMILES string of the molecule is CN(C)C(=O)c1ccc(CCC(=O)N2CCN(c3ccccc3)CC2)cc1. The number of aryl methyl sites for hydroxylation is 1. The van der Waals surface area contributed by atoms with E-state index in [0.29, 0.717) is 18.4 Å². The van der Waals surface area contributed by atoms with Crippen LogP contribution in [0.2, 0.25) is 0 Å². The molecule has 1 aliphatic rings. The van der Waals surface area contributed by atoms with Crippen LogP contribution >= 0.6 is 0 Å². The number of carbonyl (C=O) groups is 2. The van der Waals surface area contributed by atoms with Crippen LogP contribution in [0.15, 0.2) is 54.6 Å². The van der Waals surface area contributed by atoms with Gasteiger partial charge in [0.05, 0.1) is 0 Å². The lowest BCUT2D eigenvalue weighted by Crippen LogP contribution is -2.48. The van der Waals surface area contributed by atoms with Gasteiger partial charge in [0.25, 0.3) is 5.91 Å². The second kappa shape index (κ2) is 8.71. The molecule has 2 amide bonds. The lowest BCUT2D eigenvalue weighted by molar-refractivity contribution is -0.131. The molecule has 0 atom stereocenters. The number of hydrogen-bond acceptors (Lipinski definition) is 3. The molecule has 5 nitrogen and oxygen atoms in total. The van der Waals surface area contributed by atoms with Crippen LogP contribution in [0.3, 0.4) is 0 Å². The molecule has 1 fully saturated rings. The lowest BCUT2D eigenvalue weighted by Gasteiger charge is -2.36. The Bertz CT molecular complexity index is 764. The highest BCUT2D eigenvalue weighted by Gasteiger charge is 2.21. The highest BCUT2D eigenvalue weighted by molar-refractivity contribution is 5.93. The van der Waals surface area contributed by atoms with Gasteiger partial charge in [-0.1, -0.05) is 30.3 Å². The van der Waals surface area contributed by atoms with E-state index in [1.165, 1.54) is 5.69 Å². The zero-order chi connectivity index (χ0) is 19.2. The monoisotopic (exact) mass is 365 g/mol. The molecule has 0 aliphatic carbocycles. The maximum Gasteiger partial charge on any atom is 0.253 e. The van der Waals surface area contributed by atoms with E-state index in [1.807, 2.05) is 47.4 Å². The molecule has 0 spiro atoms. The van der Waals surface area contributed by atoms with Crippen molar-refractivity contribution in [3.05, 3.63) is 65.7 Å². The van der Waals surface area contributed by atoms with E-state index in [-0.39, 0.29) is 11.8 Å². The molecule has 1 saturated heterocycles. The van der Waals surface area contributed by atoms with Gasteiger partial charge in [0.15, 0.2) is 0 Å². The predicted molar refractivity (Wildman–Crippen MR) is 108 cm³/mol. The molecule has 0 unspecified atom stereocenters. The van der Waals surface area contributed by atoms with Crippen molar-refractivity contribution in [1.82, 2.24) is 9.80 Å². The highest BCUT2D eigenvalue weighted by Crippen LogP contribution is 2.16. The molecule has 27 heavy (non-hydrogen) atoms. The standard InChI is InChI=1S/C22H27N3O2/c1-23(2)22(27)19-11-8-18(9-12-19)10-13-21(26)25-16-14-24(15-17-25)20-6-4-3-5-7-20/h3-9,11-12H,10,13-17H2,1-2H3. The smallest absolute Gasteiger partial charge is 0.253 e. The third-order valence-electron chi connectivity index (χ3n) is 4.99. The van der Waals surface area contributed by atoms with E-state index in [0.717, 1.165) is 31.7 Å². The van der Waals surface area contributed by atoms with Crippen molar-refractivity contribution in [2.75, 3.05) is 45.2 Å². The fourth-order valence-corrected chi connectivity index (χ4v) is 3.33. The number of para-hydroxylation sites is 1. The van der Waals surface area contributed by atoms with Crippen LogP contribution in [0.4, 0.5) is 5.69 Å². The molecule has 0 radical (unpaired) electrons. The average Bonchev–Trinajstić information content (AvgIpc) is 2.72. The summed E-state index contributed by atoms with van der Waals surface area (Å²) in [7, 11) is 3.49. The van der Waals surface area contributed by atoms with Gasteiger partial charge < -0.3 is 14.7 Å². The van der Waals surface area contributed by atoms with Crippen molar-refractivity contribution in [3.8, 4) is 0 Å². The maximum absolute atomic E-state index is 12.5. The van der Waals surface area contributed by atoms with Crippen molar-refractivity contribution in [2.24, 2.45) is 0 Å². The molecule has 3 rings (SSSR count). The predicted octanol–water partition coefficient (Wildman–Crippen LogP) is 2.67. The van der Waals surface area contributed by atoms with Crippen molar-refractivity contribution in [1.29, 1.82) is 0 Å². The van der Waals surface area contributed by atoms with Crippen LogP contribution < -0.4 is 4.90 Å². The van der Waals surface area contributed by atoms with Gasteiger partial charge in [0, 0.05) is 57.9 Å². The van der Waals surface area contributed by atoms with Crippen LogP contribution in [0, 0.1) is 0 Å². The summed E-state index contributed by atoms with van der Waals surface area (Å²) in [4.78, 5) is 30.3. The first-order valence-electron chi connectivity index (χ1n) is 9.43. The lowest BCUT2D eigenvalue weighted by atomic mass is 10.1. The Morgan fingerprint density at radius 3 is 2.11 bits per heavy atom. The van der Waals surface area contributed by atoms with Crippen LogP contribution in [-0.2, 0) is 11.2 Å². The van der Waals surface area contributed by atoms with Gasteiger partial charge in [0.2, 0.25) is 5.91 Å². The van der Waals surface area contributed by atoms with Crippen LogP contribution in [0.1, 0.15) is 22.3 Å². The summed E-state index contributed by atoms with van der Waals surface area (Å²) in [6.45, 7) is 3.28. The molecule has 0 bridgehead atoms. The molecule has 1 heterocycles. The van der Waals surface area contributed by atoms with Crippen LogP contribution in [0.5, 0.6) is 0 Å². The first kappa shape index (κ1) is 19.0. The van der Waals surface area contributed by atoms with E-state index < -0.39 is 0 Å². The molecular weight excluding hydrogens is 338 g/mol. The first-order chi connectivity index (χ1) is 13.0. The summed E-state index contributed by atoms with van der Waals surface area (Å²) < 4.78 is 0. The molecule has 2 aromatic rings. The normalized spacial score (nSPS) is 14.1. The second-order valence-corrected chi connectivity index (χ2v) is 7.10. The van der Waals surface area contributed by atoms with E-state index in [4.69, 9.17) is 0 Å². The Morgan fingerprint density at radius 2 is 1.52 bits per heavy atom. The Balaban J connectivity index is 1.47. The van der Waals surface area contributed by atoms with Gasteiger partial charge in [-0.2, -0.15) is 0 Å². The molecule has 142 valence electrons. The number of carbonyl (C=O) groups excluding carboxylic acids is 2. The number of benzene rings is 2. The molecule has 0 N–H and O–H groups in total. The molecule has 5 heteroatoms. The molecule has 2 aromatic carbocycles. The van der Waals surface area contributed by atoms with Crippen molar-refractivity contribution < 1.29 is 9.59 Å². The van der Waals surface area contributed by atoms with Crippen molar-refractivity contribution >= 4 is 17.5 Å². The summed E-state index contributed by atoms with van der Waals surface area (Å²) >= 11 is 0. The van der Waals surface area contributed by atoms with Crippen molar-refractivity contribution in [3.63, 3.8) is 0 Å². The zero-order valence-electron chi connectivity index (χ0n) is 16.1. The minimum atomic E-state index is -0.00564. The van der Waals surface area contributed by atoms with E-state index in [2.05, 4.69) is 17.0 Å². The number of piperazine rings is 1. The number of hydrogen-bond donors (Lipinski definition) is 0. The third kappa shape index (κ3) is 4.88. The number of rotatable bonds is 5. The fourth-order valence-electron chi connectivity index (χ4n) is 3.33. The number of anilines is 1. The van der Waals surface area contributed by atoms with Gasteiger partial charge in [-0.05, 0) is 36.2 Å². The number of nitrogens with zero attached hydrogens (tertiary/aromatic N) is 3. The highest BCUT2D eigenvalue weighted by atomic mass is 16.2. The maximum atomic E-state index is 12.5. The summed E-state index contributed by atoms with van der Waals surface area (Å²) in [6.07, 6.45) is 1.21. The van der Waals surface area contributed by atoms with E-state index in [9.17, 15) is 9.59 Å². The minimum Gasteiger partial charge on any atom is -0.368 e. The Morgan fingerprint density at radius 1 is 0.889 bits per heavy atom. The van der Waals surface area contributed by atoms with E-state index in [1.54, 1.807) is 19.0 Å². The Hall–Kier alpha value is -2.82. The summed E-state index contributed by atoms with van der Waals surface area (Å²) in [5.74, 6) is 0.199. The van der Waals surface area contributed by atoms with Gasteiger partial charge in [0.1, 0.15) is 0 Å².